The molecule has 3 N–H and O–H groups in total. The number of carbonyl (C=O) groups is 1. The van der Waals surface area contributed by atoms with Crippen molar-refractivity contribution in [3.63, 3.8) is 0 Å². The smallest absolute Gasteiger partial charge is 0.220 e. The number of nitrogens with zero attached hydrogens (tertiary/aromatic N) is 2. The minimum absolute atomic E-state index is 0.122. The van der Waals surface area contributed by atoms with Gasteiger partial charge in [-0.25, -0.2) is 9.97 Å². The van der Waals surface area contributed by atoms with E-state index in [4.69, 9.17) is 0 Å². The molecule has 1 aliphatic rings. The molecule has 1 amide bonds. The Morgan fingerprint density at radius 2 is 2.17 bits per heavy atom. The van der Waals surface area contributed by atoms with Crippen LogP contribution in [0.5, 0.6) is 0 Å². The summed E-state index contributed by atoms with van der Waals surface area (Å²) in [5.41, 5.74) is 0. The van der Waals surface area contributed by atoms with E-state index < -0.39 is 0 Å². The van der Waals surface area contributed by atoms with Crippen molar-refractivity contribution in [3.8, 4) is 0 Å². The number of carbonyl (C=O) groups excluding carboxylic acids is 1. The number of rotatable bonds is 5. The Balaban J connectivity index is 1.96. The molecule has 1 fully saturated rings. The number of nitrogens with one attached hydrogen (secondary N) is 3. The van der Waals surface area contributed by atoms with Crippen LogP contribution in [0.1, 0.15) is 19.8 Å². The summed E-state index contributed by atoms with van der Waals surface area (Å²) in [4.78, 5) is 19.4. The Kier molecular flexibility index (Phi) is 4.35. The Labute approximate surface area is 114 Å². The molecular weight excluding hydrogens is 298 g/mol. The van der Waals surface area contributed by atoms with Crippen LogP contribution in [0.15, 0.2) is 10.8 Å². The number of aromatic nitrogens is 2. The molecule has 1 aliphatic heterocycles. The van der Waals surface area contributed by atoms with Crippen LogP contribution in [0, 0.1) is 0 Å². The fourth-order valence-corrected chi connectivity index (χ4v) is 2.32. The van der Waals surface area contributed by atoms with E-state index in [1.54, 1.807) is 0 Å². The zero-order chi connectivity index (χ0) is 13.0. The molecule has 0 radical (unpaired) electrons. The number of halogens is 1. The largest absolute Gasteiger partial charge is 0.369 e. The van der Waals surface area contributed by atoms with E-state index in [0.717, 1.165) is 29.1 Å². The molecule has 0 aliphatic carbocycles. The number of hydrogen-bond donors (Lipinski definition) is 3. The Bertz CT molecular complexity index is 439. The van der Waals surface area contributed by atoms with E-state index in [2.05, 4.69) is 41.8 Å². The van der Waals surface area contributed by atoms with E-state index in [1.165, 1.54) is 6.33 Å². The van der Waals surface area contributed by atoms with Crippen molar-refractivity contribution < 1.29 is 4.79 Å². The van der Waals surface area contributed by atoms with Crippen molar-refractivity contribution in [2.75, 3.05) is 23.7 Å². The first-order valence-electron chi connectivity index (χ1n) is 5.98. The zero-order valence-electron chi connectivity index (χ0n) is 10.2. The number of amides is 1. The van der Waals surface area contributed by atoms with Crippen LogP contribution in [0.3, 0.4) is 0 Å². The van der Waals surface area contributed by atoms with Crippen LogP contribution < -0.4 is 16.0 Å². The minimum atomic E-state index is 0.122. The summed E-state index contributed by atoms with van der Waals surface area (Å²) in [7, 11) is 0. The second-order valence-electron chi connectivity index (χ2n) is 4.10. The quantitative estimate of drug-likeness (QED) is 0.765. The van der Waals surface area contributed by atoms with Crippen molar-refractivity contribution in [3.05, 3.63) is 10.8 Å². The highest BCUT2D eigenvalue weighted by molar-refractivity contribution is 9.10. The molecule has 1 saturated heterocycles. The Hall–Kier alpha value is -1.37. The molecule has 7 heteroatoms. The molecule has 6 nitrogen and oxygen atoms in total. The van der Waals surface area contributed by atoms with Crippen molar-refractivity contribution >= 4 is 33.5 Å². The monoisotopic (exact) mass is 313 g/mol. The van der Waals surface area contributed by atoms with Crippen molar-refractivity contribution in [2.24, 2.45) is 0 Å². The van der Waals surface area contributed by atoms with Gasteiger partial charge in [-0.2, -0.15) is 0 Å². The molecule has 0 saturated carbocycles. The lowest BCUT2D eigenvalue weighted by Crippen LogP contribution is -2.32. The lowest BCUT2D eigenvalue weighted by Gasteiger charge is -2.14. The van der Waals surface area contributed by atoms with E-state index in [9.17, 15) is 4.79 Å². The molecule has 0 spiro atoms. The van der Waals surface area contributed by atoms with Gasteiger partial charge in [-0.15, -0.1) is 0 Å². The van der Waals surface area contributed by atoms with Gasteiger partial charge in [0.15, 0.2) is 0 Å². The van der Waals surface area contributed by atoms with Crippen LogP contribution in [-0.2, 0) is 4.79 Å². The minimum Gasteiger partial charge on any atom is -0.369 e. The molecule has 1 aromatic heterocycles. The van der Waals surface area contributed by atoms with Crippen molar-refractivity contribution in [1.29, 1.82) is 0 Å². The van der Waals surface area contributed by atoms with Crippen LogP contribution >= 0.6 is 15.9 Å². The third-order valence-corrected chi connectivity index (χ3v) is 3.49. The molecular formula is C11H16BrN5O. The van der Waals surface area contributed by atoms with Gasteiger partial charge in [0.05, 0.1) is 0 Å². The number of hydrogen-bond acceptors (Lipinski definition) is 5. The summed E-state index contributed by atoms with van der Waals surface area (Å²) in [6.07, 6.45) is 2.99. The van der Waals surface area contributed by atoms with Gasteiger partial charge in [0.25, 0.3) is 0 Å². The van der Waals surface area contributed by atoms with Gasteiger partial charge >= 0.3 is 0 Å². The lowest BCUT2D eigenvalue weighted by atomic mass is 10.2. The van der Waals surface area contributed by atoms with Crippen molar-refractivity contribution in [1.82, 2.24) is 15.3 Å². The van der Waals surface area contributed by atoms with Gasteiger partial charge in [-0.05, 0) is 29.3 Å². The summed E-state index contributed by atoms with van der Waals surface area (Å²) in [5, 5.41) is 9.27. The molecule has 0 aromatic carbocycles. The van der Waals surface area contributed by atoms with E-state index >= 15 is 0 Å². The third kappa shape index (κ3) is 3.10. The van der Waals surface area contributed by atoms with E-state index in [-0.39, 0.29) is 11.9 Å². The highest BCUT2D eigenvalue weighted by atomic mass is 79.9. The normalized spacial score (nSPS) is 18.6. The predicted molar refractivity (Wildman–Crippen MR) is 73.6 cm³/mol. The van der Waals surface area contributed by atoms with Crippen molar-refractivity contribution in [2.45, 2.75) is 25.8 Å². The second-order valence-corrected chi connectivity index (χ2v) is 4.89. The van der Waals surface area contributed by atoms with Crippen LogP contribution in [0.4, 0.5) is 11.6 Å². The lowest BCUT2D eigenvalue weighted by molar-refractivity contribution is -0.119. The standard InChI is InChI=1S/C11H16BrN5O/c1-2-13-10-9(12)11(16-6-15-10)14-5-7-3-4-8(18)17-7/h6-7H,2-5H2,1H3,(H,17,18)(H2,13,14,15,16). The van der Waals surface area contributed by atoms with E-state index in [0.29, 0.717) is 13.0 Å². The van der Waals surface area contributed by atoms with Gasteiger partial charge in [-0.1, -0.05) is 0 Å². The van der Waals surface area contributed by atoms with Gasteiger partial charge < -0.3 is 16.0 Å². The molecule has 1 aromatic rings. The van der Waals surface area contributed by atoms with Crippen LogP contribution in [0.25, 0.3) is 0 Å². The maximum Gasteiger partial charge on any atom is 0.220 e. The Morgan fingerprint density at radius 3 is 2.78 bits per heavy atom. The highest BCUT2D eigenvalue weighted by Crippen LogP contribution is 2.26. The topological polar surface area (TPSA) is 78.9 Å². The summed E-state index contributed by atoms with van der Waals surface area (Å²) >= 11 is 3.47. The maximum absolute atomic E-state index is 11.1. The summed E-state index contributed by atoms with van der Waals surface area (Å²) in [6, 6.07) is 0.182. The first kappa shape index (κ1) is 13.1. The third-order valence-electron chi connectivity index (χ3n) is 2.73. The van der Waals surface area contributed by atoms with Gasteiger partial charge in [0, 0.05) is 25.6 Å². The Morgan fingerprint density at radius 1 is 1.44 bits per heavy atom. The molecule has 98 valence electrons. The van der Waals surface area contributed by atoms with Crippen LogP contribution in [0.2, 0.25) is 0 Å². The second kappa shape index (κ2) is 5.99. The van der Waals surface area contributed by atoms with Crippen LogP contribution in [-0.4, -0.2) is 35.0 Å². The average Bonchev–Trinajstić information content (AvgIpc) is 2.77. The molecule has 18 heavy (non-hydrogen) atoms. The summed E-state index contributed by atoms with van der Waals surface area (Å²) < 4.78 is 0.816. The molecule has 1 atom stereocenters. The zero-order valence-corrected chi connectivity index (χ0v) is 11.7. The van der Waals surface area contributed by atoms with E-state index in [1.807, 2.05) is 6.92 Å². The maximum atomic E-state index is 11.1. The first-order valence-corrected chi connectivity index (χ1v) is 6.77. The SMILES string of the molecule is CCNc1ncnc(NCC2CCC(=O)N2)c1Br. The summed E-state index contributed by atoms with van der Waals surface area (Å²) in [5.74, 6) is 1.63. The highest BCUT2D eigenvalue weighted by Gasteiger charge is 2.20. The predicted octanol–water partition coefficient (Wildman–Crippen LogP) is 1.36. The molecule has 0 bridgehead atoms. The summed E-state index contributed by atoms with van der Waals surface area (Å²) in [6.45, 7) is 3.48. The fraction of sp³-hybridized carbons (Fsp3) is 0.545. The molecule has 2 rings (SSSR count). The van der Waals surface area contributed by atoms with Gasteiger partial charge in [-0.3, -0.25) is 4.79 Å². The molecule has 1 unspecified atom stereocenters. The fourth-order valence-electron chi connectivity index (χ4n) is 1.83. The molecule has 2 heterocycles. The van der Waals surface area contributed by atoms with Gasteiger partial charge in [0.1, 0.15) is 22.4 Å². The number of anilines is 2. The van der Waals surface area contributed by atoms with Gasteiger partial charge in [0.2, 0.25) is 5.91 Å². The average molecular weight is 314 g/mol. The first-order chi connectivity index (χ1) is 8.70.